The fourth-order valence-electron chi connectivity index (χ4n) is 0.899. The molecule has 0 aliphatic heterocycles. The first-order valence-corrected chi connectivity index (χ1v) is 4.99. The minimum atomic E-state index is -0.552. The van der Waals surface area contributed by atoms with Crippen LogP contribution in [0.5, 0.6) is 0 Å². The van der Waals surface area contributed by atoms with Gasteiger partial charge in [0.1, 0.15) is 0 Å². The van der Waals surface area contributed by atoms with Crippen LogP contribution in [0.4, 0.5) is 0 Å². The van der Waals surface area contributed by atoms with Gasteiger partial charge in [-0.05, 0) is 40.8 Å². The lowest BCUT2D eigenvalue weighted by atomic mass is 10.2. The average molecular weight is 302 g/mol. The van der Waals surface area contributed by atoms with Gasteiger partial charge in [-0.3, -0.25) is 9.59 Å². The summed E-state index contributed by atoms with van der Waals surface area (Å²) in [6.45, 7) is -0.135. The molecule has 0 heterocycles. The van der Waals surface area contributed by atoms with E-state index >= 15 is 0 Å². The van der Waals surface area contributed by atoms with Crippen molar-refractivity contribution in [1.29, 1.82) is 0 Å². The summed E-state index contributed by atoms with van der Waals surface area (Å²) in [5.74, 6) is -0.841. The van der Waals surface area contributed by atoms with Gasteiger partial charge in [0, 0.05) is 9.13 Å². The highest BCUT2D eigenvalue weighted by molar-refractivity contribution is 14.1. The predicted octanol–water partition coefficient (Wildman–Crippen LogP) is 0.506. The highest BCUT2D eigenvalue weighted by atomic mass is 125. The van der Waals surface area contributed by atoms with E-state index in [2.05, 4.69) is 27.9 Å². The van der Waals surface area contributed by atoms with Crippen molar-refractivity contribution < 1.29 is 9.59 Å². The van der Waals surface area contributed by atoms with Crippen LogP contribution in [0.15, 0.2) is 24.3 Å². The Labute approximate surface area is 95.0 Å². The van der Waals surface area contributed by atoms with Crippen molar-refractivity contribution in [2.75, 3.05) is 6.54 Å². The minimum Gasteiger partial charge on any atom is -0.368 e. The van der Waals surface area contributed by atoms with E-state index in [1.165, 1.54) is 0 Å². The van der Waals surface area contributed by atoms with Gasteiger partial charge >= 0.3 is 0 Å². The zero-order valence-corrected chi connectivity index (χ0v) is 9.45. The number of halogens is 1. The summed E-state index contributed by atoms with van der Waals surface area (Å²) in [6, 6.07) is 7.07. The van der Waals surface area contributed by atoms with Gasteiger partial charge in [-0.15, -0.1) is 0 Å². The maximum atomic E-state index is 11.4. The topological polar surface area (TPSA) is 72.2 Å². The van der Waals surface area contributed by atoms with Crippen LogP contribution in [0.3, 0.4) is 0 Å². The van der Waals surface area contributed by atoms with Crippen molar-refractivity contribution >= 4 is 34.4 Å². The zero-order chi connectivity index (χ0) is 10.6. The molecule has 1 aromatic carbocycles. The van der Waals surface area contributed by atoms with E-state index in [1.807, 2.05) is 6.07 Å². The summed E-state index contributed by atoms with van der Waals surface area (Å²) >= 11 is 2.11. The van der Waals surface area contributed by atoms with Crippen molar-refractivity contribution in [2.24, 2.45) is 5.73 Å². The number of hydrogen-bond acceptors (Lipinski definition) is 2. The fourth-order valence-corrected chi connectivity index (χ4v) is 1.44. The molecule has 14 heavy (non-hydrogen) atoms. The highest BCUT2D eigenvalue weighted by Crippen LogP contribution is 2.07. The molecule has 0 radical (unpaired) electrons. The molecule has 0 aliphatic carbocycles. The Bertz CT molecular complexity index is 366. The Morgan fingerprint density at radius 3 is 2.71 bits per heavy atom. The lowest BCUT2D eigenvalue weighted by molar-refractivity contribution is -0.117. The van der Waals surface area contributed by atoms with Gasteiger partial charge in [-0.2, -0.15) is 0 Å². The van der Waals surface area contributed by atoms with Gasteiger partial charge in [0.25, 0.3) is 5.91 Å². The van der Waals surface area contributed by atoms with Gasteiger partial charge in [0.15, 0.2) is 0 Å². The lowest BCUT2D eigenvalue weighted by Crippen LogP contribution is -2.33. The third-order valence-corrected chi connectivity index (χ3v) is 2.18. The smallest absolute Gasteiger partial charge is 0.251 e. The number of rotatable bonds is 3. The third-order valence-electron chi connectivity index (χ3n) is 1.51. The van der Waals surface area contributed by atoms with Crippen molar-refractivity contribution in [3.63, 3.8) is 0 Å². The maximum absolute atomic E-state index is 11.4. The summed E-state index contributed by atoms with van der Waals surface area (Å²) in [5, 5.41) is 2.41. The second-order valence-corrected chi connectivity index (χ2v) is 3.90. The van der Waals surface area contributed by atoms with Crippen LogP contribution in [0, 0.1) is 3.57 Å². The number of nitrogens with one attached hydrogen (secondary N) is 1. The largest absolute Gasteiger partial charge is 0.368 e. The van der Waals surface area contributed by atoms with Crippen molar-refractivity contribution in [1.82, 2.24) is 5.32 Å². The number of primary amides is 1. The molecule has 0 spiro atoms. The Hall–Kier alpha value is -1.11. The third kappa shape index (κ3) is 3.33. The van der Waals surface area contributed by atoms with E-state index in [-0.39, 0.29) is 12.5 Å². The summed E-state index contributed by atoms with van der Waals surface area (Å²) in [4.78, 5) is 21.8. The molecule has 0 unspecified atom stereocenters. The van der Waals surface area contributed by atoms with Gasteiger partial charge in [-0.25, -0.2) is 0 Å². The van der Waals surface area contributed by atoms with Gasteiger partial charge in [-0.1, -0.05) is 6.07 Å². The lowest BCUT2D eigenvalue weighted by Gasteiger charge is -2.02. The van der Waals surface area contributed by atoms with Crippen LogP contribution in [-0.2, 0) is 4.79 Å². The molecular weight excluding hydrogens is 293 g/mol. The van der Waals surface area contributed by atoms with Crippen LogP contribution in [0.1, 0.15) is 10.4 Å². The molecule has 0 fully saturated rings. The molecule has 1 aromatic rings. The second-order valence-electron chi connectivity index (χ2n) is 2.66. The summed E-state index contributed by atoms with van der Waals surface area (Å²) in [7, 11) is 0. The number of nitrogens with two attached hydrogens (primary N) is 1. The van der Waals surface area contributed by atoms with Crippen molar-refractivity contribution in [3.05, 3.63) is 33.4 Å². The molecule has 0 atom stereocenters. The molecule has 0 bridgehead atoms. The average Bonchev–Trinajstić information content (AvgIpc) is 2.14. The van der Waals surface area contributed by atoms with Crippen LogP contribution in [-0.4, -0.2) is 18.4 Å². The summed E-state index contributed by atoms with van der Waals surface area (Å²) in [5.41, 5.74) is 5.42. The second kappa shape index (κ2) is 4.94. The maximum Gasteiger partial charge on any atom is 0.251 e. The molecule has 5 heteroatoms. The molecular formula is C9H9IN2O2. The van der Waals surface area contributed by atoms with E-state index in [9.17, 15) is 9.59 Å². The van der Waals surface area contributed by atoms with Gasteiger partial charge in [0.2, 0.25) is 5.91 Å². The standard InChI is InChI=1S/C9H9IN2O2/c10-7-3-1-2-6(4-7)9(14)12-5-8(11)13/h1-4H,5H2,(H2,11,13)(H,12,14)/i10-2. The van der Waals surface area contributed by atoms with Gasteiger partial charge in [0.05, 0.1) is 6.54 Å². The van der Waals surface area contributed by atoms with Crippen LogP contribution < -0.4 is 11.1 Å². The quantitative estimate of drug-likeness (QED) is 0.798. The normalized spacial score (nSPS) is 9.50. The molecule has 3 N–H and O–H groups in total. The molecule has 0 saturated carbocycles. The Morgan fingerprint density at radius 1 is 1.43 bits per heavy atom. The van der Waals surface area contributed by atoms with Crippen LogP contribution in [0.2, 0.25) is 0 Å². The van der Waals surface area contributed by atoms with E-state index in [0.29, 0.717) is 5.56 Å². The van der Waals surface area contributed by atoms with E-state index in [1.54, 1.807) is 18.2 Å². The Kier molecular flexibility index (Phi) is 3.87. The number of amides is 2. The molecule has 0 saturated heterocycles. The van der Waals surface area contributed by atoms with Gasteiger partial charge < -0.3 is 11.1 Å². The van der Waals surface area contributed by atoms with Crippen LogP contribution in [0.25, 0.3) is 0 Å². The number of carbonyl (C=O) groups is 2. The predicted molar refractivity (Wildman–Crippen MR) is 60.7 cm³/mol. The Balaban J connectivity index is 2.65. The molecule has 1 rings (SSSR count). The fraction of sp³-hybridized carbons (Fsp3) is 0.111. The highest BCUT2D eigenvalue weighted by Gasteiger charge is 2.05. The molecule has 2 amide bonds. The van der Waals surface area contributed by atoms with Crippen molar-refractivity contribution in [3.8, 4) is 0 Å². The van der Waals surface area contributed by atoms with E-state index in [4.69, 9.17) is 5.73 Å². The number of hydrogen-bond donors (Lipinski definition) is 2. The molecule has 0 aromatic heterocycles. The first kappa shape index (κ1) is 11.0. The van der Waals surface area contributed by atoms with Crippen molar-refractivity contribution in [2.45, 2.75) is 0 Å². The number of benzene rings is 1. The molecule has 74 valence electrons. The SMILES string of the molecule is NC(=O)CNC(=O)c1cccc([125I])c1. The minimum absolute atomic E-state index is 0.135. The summed E-state index contributed by atoms with van der Waals surface area (Å²) in [6.07, 6.45) is 0. The Morgan fingerprint density at radius 2 is 2.14 bits per heavy atom. The molecule has 4 nitrogen and oxygen atoms in total. The zero-order valence-electron chi connectivity index (χ0n) is 7.29. The first-order chi connectivity index (χ1) is 6.59. The van der Waals surface area contributed by atoms with E-state index < -0.39 is 5.91 Å². The monoisotopic (exact) mass is 302 g/mol. The van der Waals surface area contributed by atoms with Crippen LogP contribution >= 0.6 is 22.6 Å². The molecule has 0 aliphatic rings. The first-order valence-electron chi connectivity index (χ1n) is 3.91. The number of carbonyl (C=O) groups excluding carboxylic acids is 2. The summed E-state index contributed by atoms with van der Waals surface area (Å²) < 4.78 is 0.967. The van der Waals surface area contributed by atoms with E-state index in [0.717, 1.165) is 3.57 Å².